The lowest BCUT2D eigenvalue weighted by Gasteiger charge is -2.64. The Balaban J connectivity index is 1.80. The van der Waals surface area contributed by atoms with Gasteiger partial charge < -0.3 is 20.4 Å². The standard InChI is InChI=1S/C30H44O7/c1-25(2,36)12-11-21(33)30(8,37)23-19(32)14-27(5)20-10-9-16-17(13-18(31)24(35)26(16,3)4)29(20,7)22(34)15-28(23,27)6/h9,11-12,17,19-20,23-24,32,35-37H,10,13-15H2,1-8H3/b12-11+/t17-,19-,20+,23?,24-,27+,28-,29+,30+/m1/s1. The Morgan fingerprint density at radius 3 is 2.19 bits per heavy atom. The van der Waals surface area contributed by atoms with E-state index in [-0.39, 0.29) is 36.2 Å². The summed E-state index contributed by atoms with van der Waals surface area (Å²) in [5.41, 5.74) is -5.36. The molecule has 0 bridgehead atoms. The maximum absolute atomic E-state index is 14.2. The largest absolute Gasteiger partial charge is 0.393 e. The van der Waals surface area contributed by atoms with Crippen molar-refractivity contribution in [2.75, 3.05) is 0 Å². The van der Waals surface area contributed by atoms with Gasteiger partial charge in [0.15, 0.2) is 11.6 Å². The van der Waals surface area contributed by atoms with Gasteiger partial charge in [0.25, 0.3) is 0 Å². The molecule has 0 aromatic heterocycles. The second kappa shape index (κ2) is 8.17. The van der Waals surface area contributed by atoms with Crippen LogP contribution in [0.2, 0.25) is 0 Å². The zero-order valence-corrected chi connectivity index (χ0v) is 23.5. The number of hydrogen-bond acceptors (Lipinski definition) is 7. The van der Waals surface area contributed by atoms with Gasteiger partial charge in [-0.1, -0.05) is 52.3 Å². The summed E-state index contributed by atoms with van der Waals surface area (Å²) in [6.07, 6.45) is 3.49. The van der Waals surface area contributed by atoms with Gasteiger partial charge in [-0.15, -0.1) is 0 Å². The molecular formula is C30H44O7. The maximum Gasteiger partial charge on any atom is 0.187 e. The van der Waals surface area contributed by atoms with Crippen molar-refractivity contribution in [3.05, 3.63) is 23.8 Å². The molecule has 0 heterocycles. The maximum atomic E-state index is 14.2. The van der Waals surface area contributed by atoms with Crippen LogP contribution in [-0.2, 0) is 14.4 Å². The molecule has 4 rings (SSSR count). The van der Waals surface area contributed by atoms with Crippen LogP contribution in [0.5, 0.6) is 0 Å². The fourth-order valence-corrected chi connectivity index (χ4v) is 8.95. The Bertz CT molecular complexity index is 1090. The summed E-state index contributed by atoms with van der Waals surface area (Å²) in [5, 5.41) is 43.7. The predicted octanol–water partition coefficient (Wildman–Crippen LogP) is 2.93. The van der Waals surface area contributed by atoms with E-state index in [4.69, 9.17) is 0 Å². The molecule has 0 amide bonds. The van der Waals surface area contributed by atoms with Gasteiger partial charge in [0.1, 0.15) is 17.5 Å². The van der Waals surface area contributed by atoms with Crippen molar-refractivity contribution in [3.63, 3.8) is 0 Å². The number of aliphatic hydroxyl groups is 4. The number of aliphatic hydroxyl groups excluding tert-OH is 2. The van der Waals surface area contributed by atoms with Gasteiger partial charge >= 0.3 is 0 Å². The van der Waals surface area contributed by atoms with Gasteiger partial charge in [-0.25, -0.2) is 0 Å². The van der Waals surface area contributed by atoms with Crippen molar-refractivity contribution >= 4 is 17.3 Å². The highest BCUT2D eigenvalue weighted by molar-refractivity contribution is 5.97. The van der Waals surface area contributed by atoms with Crippen LogP contribution in [0.3, 0.4) is 0 Å². The number of hydrogen-bond donors (Lipinski definition) is 4. The van der Waals surface area contributed by atoms with Gasteiger partial charge in [-0.05, 0) is 62.4 Å². The molecule has 0 radical (unpaired) electrons. The van der Waals surface area contributed by atoms with E-state index < -0.39 is 56.8 Å². The summed E-state index contributed by atoms with van der Waals surface area (Å²) in [5.74, 6) is -2.34. The van der Waals surface area contributed by atoms with Crippen LogP contribution < -0.4 is 0 Å². The summed E-state index contributed by atoms with van der Waals surface area (Å²) in [7, 11) is 0. The van der Waals surface area contributed by atoms with Crippen LogP contribution in [0, 0.1) is 39.4 Å². The van der Waals surface area contributed by atoms with Crippen molar-refractivity contribution in [2.24, 2.45) is 39.4 Å². The molecule has 0 aromatic rings. The van der Waals surface area contributed by atoms with Crippen LogP contribution in [0.1, 0.15) is 81.1 Å². The van der Waals surface area contributed by atoms with Crippen molar-refractivity contribution in [2.45, 2.75) is 104 Å². The molecule has 7 nitrogen and oxygen atoms in total. The minimum Gasteiger partial charge on any atom is -0.393 e. The Morgan fingerprint density at radius 2 is 1.62 bits per heavy atom. The molecule has 0 aliphatic heterocycles. The van der Waals surface area contributed by atoms with Crippen LogP contribution in [-0.4, -0.2) is 61.2 Å². The van der Waals surface area contributed by atoms with E-state index in [0.717, 1.165) is 11.6 Å². The van der Waals surface area contributed by atoms with Crippen LogP contribution >= 0.6 is 0 Å². The van der Waals surface area contributed by atoms with Crippen molar-refractivity contribution in [3.8, 4) is 0 Å². The molecule has 7 heteroatoms. The molecule has 0 saturated heterocycles. The Labute approximate surface area is 220 Å². The second-order valence-corrected chi connectivity index (χ2v) is 14.3. The lowest BCUT2D eigenvalue weighted by molar-refractivity contribution is -0.183. The smallest absolute Gasteiger partial charge is 0.187 e. The van der Waals surface area contributed by atoms with Gasteiger partial charge in [0.2, 0.25) is 0 Å². The van der Waals surface area contributed by atoms with Gasteiger partial charge in [0.05, 0.1) is 11.7 Å². The summed E-state index contributed by atoms with van der Waals surface area (Å²) < 4.78 is 0. The van der Waals surface area contributed by atoms with Crippen LogP contribution in [0.25, 0.3) is 0 Å². The Hall–Kier alpha value is -1.67. The molecule has 0 aromatic carbocycles. The van der Waals surface area contributed by atoms with Crippen molar-refractivity contribution in [1.82, 2.24) is 0 Å². The van der Waals surface area contributed by atoms with E-state index in [2.05, 4.69) is 13.0 Å². The average molecular weight is 517 g/mol. The molecule has 3 fully saturated rings. The van der Waals surface area contributed by atoms with Crippen molar-refractivity contribution in [1.29, 1.82) is 0 Å². The predicted molar refractivity (Wildman–Crippen MR) is 138 cm³/mol. The van der Waals surface area contributed by atoms with E-state index in [1.54, 1.807) is 0 Å². The third-order valence-corrected chi connectivity index (χ3v) is 11.2. The number of carbonyl (C=O) groups excluding carboxylic acids is 3. The first-order valence-electron chi connectivity index (χ1n) is 13.5. The fraction of sp³-hybridized carbons (Fsp3) is 0.767. The lowest BCUT2D eigenvalue weighted by Crippen LogP contribution is -2.65. The highest BCUT2D eigenvalue weighted by atomic mass is 16.3. The third-order valence-electron chi connectivity index (χ3n) is 11.2. The molecule has 3 saturated carbocycles. The SMILES string of the molecule is CC(C)(O)/C=C/C(=O)[C@](C)(O)C1[C@H](O)C[C@@]2(C)[C@@H]3CC=C4[C@@H](CC(=O)[C@@H](O)C4(C)C)[C@]3(C)C(=O)C[C@]12C. The van der Waals surface area contributed by atoms with Crippen LogP contribution in [0.15, 0.2) is 23.8 Å². The summed E-state index contributed by atoms with van der Waals surface area (Å²) in [6.45, 7) is 14.1. The monoisotopic (exact) mass is 516 g/mol. The third kappa shape index (κ3) is 3.71. The highest BCUT2D eigenvalue weighted by Gasteiger charge is 2.74. The minimum absolute atomic E-state index is 0.0255. The number of rotatable bonds is 4. The van der Waals surface area contributed by atoms with E-state index >= 15 is 0 Å². The topological polar surface area (TPSA) is 132 Å². The molecule has 9 atom stereocenters. The molecular weight excluding hydrogens is 472 g/mol. The second-order valence-electron chi connectivity index (χ2n) is 14.3. The molecule has 37 heavy (non-hydrogen) atoms. The number of Topliss-reactive ketones (excluding diaryl/α,β-unsaturated/α-hetero) is 2. The summed E-state index contributed by atoms with van der Waals surface area (Å²) >= 11 is 0. The van der Waals surface area contributed by atoms with E-state index in [0.29, 0.717) is 12.8 Å². The number of ketones is 3. The van der Waals surface area contributed by atoms with Crippen LogP contribution in [0.4, 0.5) is 0 Å². The zero-order valence-electron chi connectivity index (χ0n) is 23.5. The fourth-order valence-electron chi connectivity index (χ4n) is 8.95. The number of allylic oxidation sites excluding steroid dienone is 1. The molecule has 0 spiro atoms. The molecule has 4 N–H and O–H groups in total. The summed E-state index contributed by atoms with van der Waals surface area (Å²) in [4.78, 5) is 40.3. The summed E-state index contributed by atoms with van der Waals surface area (Å²) in [6, 6.07) is 0. The number of fused-ring (bicyclic) bond motifs is 5. The quantitative estimate of drug-likeness (QED) is 0.334. The first-order valence-corrected chi connectivity index (χ1v) is 13.5. The first kappa shape index (κ1) is 28.3. The molecule has 4 aliphatic carbocycles. The highest BCUT2D eigenvalue weighted by Crippen LogP contribution is 2.74. The normalized spacial score (nSPS) is 45.1. The van der Waals surface area contributed by atoms with Gasteiger partial charge in [-0.2, -0.15) is 0 Å². The zero-order chi connectivity index (χ0) is 28.1. The van der Waals surface area contributed by atoms with Gasteiger partial charge in [0, 0.05) is 29.6 Å². The lowest BCUT2D eigenvalue weighted by atomic mass is 9.38. The number of carbonyl (C=O) groups is 3. The van der Waals surface area contributed by atoms with E-state index in [1.165, 1.54) is 26.8 Å². The minimum atomic E-state index is -1.95. The molecule has 1 unspecified atom stereocenters. The average Bonchev–Trinajstić information content (AvgIpc) is 2.96. The van der Waals surface area contributed by atoms with Crippen molar-refractivity contribution < 1.29 is 34.8 Å². The Morgan fingerprint density at radius 1 is 1.03 bits per heavy atom. The Kier molecular flexibility index (Phi) is 6.26. The van der Waals surface area contributed by atoms with E-state index in [1.807, 2.05) is 27.7 Å². The molecule has 206 valence electrons. The first-order chi connectivity index (χ1) is 16.7. The van der Waals surface area contributed by atoms with E-state index in [9.17, 15) is 34.8 Å². The molecule has 4 aliphatic rings. The van der Waals surface area contributed by atoms with Gasteiger partial charge in [-0.3, -0.25) is 14.4 Å².